The van der Waals surface area contributed by atoms with Crippen LogP contribution in [0.15, 0.2) is 60.8 Å². The van der Waals surface area contributed by atoms with E-state index in [1.54, 1.807) is 0 Å². The molecule has 0 saturated carbocycles. The molecule has 0 radical (unpaired) electrons. The highest BCUT2D eigenvalue weighted by Crippen LogP contribution is 2.14. The van der Waals surface area contributed by atoms with E-state index in [4.69, 9.17) is 14.2 Å². The first-order valence-electron chi connectivity index (χ1n) is 26.8. The normalized spacial score (nSPS) is 12.5. The fourth-order valence-electron chi connectivity index (χ4n) is 7.43. The van der Waals surface area contributed by atoms with Gasteiger partial charge in [0.05, 0.1) is 0 Å². The van der Waals surface area contributed by atoms with Crippen LogP contribution in [0.1, 0.15) is 265 Å². The van der Waals surface area contributed by atoms with Crippen LogP contribution in [-0.2, 0) is 28.6 Å². The zero-order chi connectivity index (χ0) is 45.8. The third-order valence-corrected chi connectivity index (χ3v) is 11.5. The van der Waals surface area contributed by atoms with Gasteiger partial charge in [0.15, 0.2) is 6.10 Å². The maximum absolute atomic E-state index is 12.8. The molecule has 0 fully saturated rings. The summed E-state index contributed by atoms with van der Waals surface area (Å²) in [4.78, 5) is 38.0. The average molecular weight is 881 g/mol. The molecule has 0 rings (SSSR count). The molecule has 0 aliphatic heterocycles. The number of esters is 3. The second-order valence-corrected chi connectivity index (χ2v) is 17.8. The second kappa shape index (κ2) is 51.7. The number of unbranched alkanes of at least 4 members (excludes halogenated alkanes) is 27. The lowest BCUT2D eigenvalue weighted by Crippen LogP contribution is -2.30. The van der Waals surface area contributed by atoms with Crippen LogP contribution in [0.4, 0.5) is 0 Å². The van der Waals surface area contributed by atoms with Crippen molar-refractivity contribution in [2.75, 3.05) is 13.2 Å². The predicted molar refractivity (Wildman–Crippen MR) is 270 cm³/mol. The first-order valence-corrected chi connectivity index (χ1v) is 26.8. The molecule has 0 aromatic heterocycles. The van der Waals surface area contributed by atoms with Gasteiger partial charge >= 0.3 is 17.9 Å². The van der Waals surface area contributed by atoms with Crippen LogP contribution >= 0.6 is 0 Å². The maximum Gasteiger partial charge on any atom is 0.306 e. The number of carbonyl (C=O) groups is 3. The largest absolute Gasteiger partial charge is 0.462 e. The Balaban J connectivity index is 4.44. The number of hydrogen-bond acceptors (Lipinski definition) is 6. The van der Waals surface area contributed by atoms with Crippen LogP contribution in [0.3, 0.4) is 0 Å². The van der Waals surface area contributed by atoms with Gasteiger partial charge in [-0.05, 0) is 83.5 Å². The first-order chi connectivity index (χ1) is 31.0. The molecular formula is C57H100O6. The van der Waals surface area contributed by atoms with E-state index in [9.17, 15) is 14.4 Å². The van der Waals surface area contributed by atoms with Crippen molar-refractivity contribution in [2.24, 2.45) is 0 Å². The molecule has 0 amide bonds. The van der Waals surface area contributed by atoms with Gasteiger partial charge in [0.25, 0.3) is 0 Å². The summed E-state index contributed by atoms with van der Waals surface area (Å²) in [6.45, 7) is 6.56. The summed E-state index contributed by atoms with van der Waals surface area (Å²) in [7, 11) is 0. The smallest absolute Gasteiger partial charge is 0.306 e. The van der Waals surface area contributed by atoms with Crippen LogP contribution < -0.4 is 0 Å². The molecule has 0 aliphatic rings. The predicted octanol–water partition coefficient (Wildman–Crippen LogP) is 17.6. The highest BCUT2D eigenvalue weighted by Gasteiger charge is 2.19. The zero-order valence-electron chi connectivity index (χ0n) is 41.6. The number of hydrogen-bond donors (Lipinski definition) is 0. The summed E-state index contributed by atoms with van der Waals surface area (Å²) >= 11 is 0. The third kappa shape index (κ3) is 50.0. The van der Waals surface area contributed by atoms with Gasteiger partial charge < -0.3 is 14.2 Å². The molecule has 0 aromatic rings. The molecular weight excluding hydrogens is 781 g/mol. The van der Waals surface area contributed by atoms with Gasteiger partial charge in [0, 0.05) is 19.3 Å². The summed E-state index contributed by atoms with van der Waals surface area (Å²) < 4.78 is 16.8. The van der Waals surface area contributed by atoms with Crippen molar-refractivity contribution in [3.8, 4) is 0 Å². The Morgan fingerprint density at radius 3 is 0.984 bits per heavy atom. The molecule has 364 valence electrons. The molecule has 1 unspecified atom stereocenters. The molecule has 1 atom stereocenters. The minimum atomic E-state index is -0.796. The van der Waals surface area contributed by atoms with E-state index >= 15 is 0 Å². The molecule has 0 N–H and O–H groups in total. The lowest BCUT2D eigenvalue weighted by molar-refractivity contribution is -0.167. The van der Waals surface area contributed by atoms with Crippen LogP contribution in [0.25, 0.3) is 0 Å². The minimum Gasteiger partial charge on any atom is -0.462 e. The lowest BCUT2D eigenvalue weighted by Gasteiger charge is -2.18. The standard InChI is InChI=1S/C57H100O6/c1-4-7-10-13-16-19-22-24-26-28-30-32-35-38-41-44-47-50-56(59)62-53-54(52-61-55(58)49-46-43-40-37-34-21-18-15-12-9-6-3)63-57(60)51-48-45-42-39-36-33-31-29-27-25-23-20-17-14-11-8-5-2/h17,20,24-27,30,32,38,41,54H,4-16,18-19,21-23,28-29,31,33-37,39-40,42-53H2,1-3H3/b20-17-,26-24-,27-25-,32-30-,41-38-. The average Bonchev–Trinajstić information content (AvgIpc) is 3.28. The Bertz CT molecular complexity index is 1150. The molecule has 0 aliphatic carbocycles. The van der Waals surface area contributed by atoms with Crippen molar-refractivity contribution < 1.29 is 28.6 Å². The Labute approximate surface area is 390 Å². The maximum atomic E-state index is 12.8. The molecule has 0 bridgehead atoms. The third-order valence-electron chi connectivity index (χ3n) is 11.5. The first kappa shape index (κ1) is 60.1. The highest BCUT2D eigenvalue weighted by atomic mass is 16.6. The summed E-state index contributed by atoms with van der Waals surface area (Å²) in [5, 5.41) is 0. The topological polar surface area (TPSA) is 78.9 Å². The van der Waals surface area contributed by atoms with Gasteiger partial charge in [-0.2, -0.15) is 0 Å². The van der Waals surface area contributed by atoms with Crippen LogP contribution in [0, 0.1) is 0 Å². The van der Waals surface area contributed by atoms with E-state index in [-0.39, 0.29) is 37.5 Å². The Kier molecular flexibility index (Phi) is 49.4. The second-order valence-electron chi connectivity index (χ2n) is 17.8. The van der Waals surface area contributed by atoms with Gasteiger partial charge in [-0.25, -0.2) is 0 Å². The Hall–Kier alpha value is -2.89. The SMILES string of the molecule is CCCCC/C=C\C/C=C\CCCCCCCCCC(=O)OC(COC(=O)CCC/C=C\C/C=C\C/C=C\CCCCCCCC)COC(=O)CCCCCCCCCCCCC. The summed E-state index contributed by atoms with van der Waals surface area (Å²) in [5.74, 6) is -0.949. The van der Waals surface area contributed by atoms with Crippen molar-refractivity contribution in [3.63, 3.8) is 0 Å². The van der Waals surface area contributed by atoms with Gasteiger partial charge in [-0.1, -0.05) is 223 Å². The monoisotopic (exact) mass is 881 g/mol. The molecule has 63 heavy (non-hydrogen) atoms. The minimum absolute atomic E-state index is 0.0913. The van der Waals surface area contributed by atoms with Gasteiger partial charge in [0.2, 0.25) is 0 Å². The molecule has 0 aromatic carbocycles. The van der Waals surface area contributed by atoms with Crippen LogP contribution in [0.2, 0.25) is 0 Å². The molecule has 0 heterocycles. The van der Waals surface area contributed by atoms with Crippen molar-refractivity contribution in [3.05, 3.63) is 60.8 Å². The van der Waals surface area contributed by atoms with Crippen molar-refractivity contribution in [1.29, 1.82) is 0 Å². The number of carbonyl (C=O) groups excluding carboxylic acids is 3. The summed E-state index contributed by atoms with van der Waals surface area (Å²) in [6, 6.07) is 0. The van der Waals surface area contributed by atoms with Gasteiger partial charge in [-0.15, -0.1) is 0 Å². The van der Waals surface area contributed by atoms with E-state index in [0.29, 0.717) is 19.3 Å². The summed E-state index contributed by atoms with van der Waals surface area (Å²) in [5.41, 5.74) is 0. The number of allylic oxidation sites excluding steroid dienone is 10. The zero-order valence-corrected chi connectivity index (χ0v) is 41.6. The van der Waals surface area contributed by atoms with Crippen LogP contribution in [0.5, 0.6) is 0 Å². The molecule has 6 heteroatoms. The number of rotatable bonds is 48. The fourth-order valence-corrected chi connectivity index (χ4v) is 7.43. The molecule has 0 spiro atoms. The van der Waals surface area contributed by atoms with Crippen molar-refractivity contribution in [1.82, 2.24) is 0 Å². The van der Waals surface area contributed by atoms with Crippen molar-refractivity contribution >= 4 is 17.9 Å². The summed E-state index contributed by atoms with van der Waals surface area (Å²) in [6.07, 6.45) is 63.5. The highest BCUT2D eigenvalue weighted by molar-refractivity contribution is 5.71. The molecule has 0 saturated heterocycles. The quantitative estimate of drug-likeness (QED) is 0.0262. The number of ether oxygens (including phenoxy) is 3. The van der Waals surface area contributed by atoms with Crippen LogP contribution in [-0.4, -0.2) is 37.2 Å². The lowest BCUT2D eigenvalue weighted by atomic mass is 10.1. The Morgan fingerprint density at radius 2 is 0.587 bits per heavy atom. The van der Waals surface area contributed by atoms with Gasteiger partial charge in [-0.3, -0.25) is 14.4 Å². The van der Waals surface area contributed by atoms with Crippen molar-refractivity contribution in [2.45, 2.75) is 271 Å². The van der Waals surface area contributed by atoms with E-state index in [1.807, 2.05) is 0 Å². The Morgan fingerprint density at radius 1 is 0.317 bits per heavy atom. The fraction of sp³-hybridized carbons (Fsp3) is 0.772. The van der Waals surface area contributed by atoms with E-state index < -0.39 is 6.10 Å². The van der Waals surface area contributed by atoms with E-state index in [2.05, 4.69) is 81.5 Å². The molecule has 6 nitrogen and oxygen atoms in total. The van der Waals surface area contributed by atoms with E-state index in [0.717, 1.165) is 70.6 Å². The van der Waals surface area contributed by atoms with E-state index in [1.165, 1.54) is 148 Å². The van der Waals surface area contributed by atoms with Gasteiger partial charge in [0.1, 0.15) is 13.2 Å².